The number of carbonyl (C=O) groups excluding carboxylic acids is 3. The summed E-state index contributed by atoms with van der Waals surface area (Å²) >= 11 is 0. The zero-order chi connectivity index (χ0) is 32.2. The minimum atomic E-state index is -0.575. The molecule has 0 saturated carbocycles. The van der Waals surface area contributed by atoms with Gasteiger partial charge in [-0.1, -0.05) is 72.6 Å². The average Bonchev–Trinajstić information content (AvgIpc) is 3.80. The van der Waals surface area contributed by atoms with Gasteiger partial charge in [0.25, 0.3) is 0 Å². The molecule has 0 spiro atoms. The predicted molar refractivity (Wildman–Crippen MR) is 177 cm³/mol. The van der Waals surface area contributed by atoms with Crippen LogP contribution in [-0.4, -0.2) is 55.5 Å². The summed E-state index contributed by atoms with van der Waals surface area (Å²) < 4.78 is 10.3. The van der Waals surface area contributed by atoms with Crippen LogP contribution in [0.3, 0.4) is 0 Å². The molecule has 0 amide bonds. The molecular formula is C36H36MgN4O5-2. The number of hydrogen-bond donors (Lipinski definition) is 0. The van der Waals surface area contributed by atoms with Crippen LogP contribution in [0, 0.1) is 31.6 Å². The van der Waals surface area contributed by atoms with E-state index in [9.17, 15) is 14.4 Å². The number of ether oxygens (including phenoxy) is 2. The van der Waals surface area contributed by atoms with Crippen molar-refractivity contribution in [3.63, 3.8) is 0 Å². The van der Waals surface area contributed by atoms with Crippen LogP contribution in [0.25, 0.3) is 35.2 Å². The zero-order valence-electron chi connectivity index (χ0n) is 27.2. The van der Waals surface area contributed by atoms with Gasteiger partial charge in [-0.15, -0.1) is 33.5 Å². The van der Waals surface area contributed by atoms with Gasteiger partial charge in [0.1, 0.15) is 6.29 Å². The largest absolute Gasteiger partial charge is 2.00 e. The molecule has 1 saturated heterocycles. The van der Waals surface area contributed by atoms with Crippen molar-refractivity contribution in [2.24, 2.45) is 17.8 Å². The molecule has 0 N–H and O–H groups in total. The molecule has 9 nitrogen and oxygen atoms in total. The fourth-order valence-corrected chi connectivity index (χ4v) is 7.08. The van der Waals surface area contributed by atoms with Crippen LogP contribution in [0.5, 0.6) is 0 Å². The molecule has 3 aliphatic rings. The molecule has 1 fully saturated rings. The molecular weight excluding hydrogens is 593 g/mol. The molecule has 6 rings (SSSR count). The first-order valence-electron chi connectivity index (χ1n) is 15.3. The Hall–Kier alpha value is -4.02. The van der Waals surface area contributed by atoms with E-state index >= 15 is 0 Å². The number of hydrogen-bond acceptors (Lipinski definition) is 5. The normalized spacial score (nSPS) is 23.5. The molecule has 3 atom stereocenters. The van der Waals surface area contributed by atoms with Gasteiger partial charge in [0, 0.05) is 12.0 Å². The van der Waals surface area contributed by atoms with Crippen molar-refractivity contribution in [3.8, 4) is 0 Å². The third-order valence-corrected chi connectivity index (χ3v) is 9.65. The Morgan fingerprint density at radius 3 is 2.35 bits per heavy atom. The van der Waals surface area contributed by atoms with Crippen LogP contribution in [0.15, 0.2) is 18.0 Å². The van der Waals surface area contributed by atoms with Crippen molar-refractivity contribution in [2.45, 2.75) is 53.4 Å². The van der Waals surface area contributed by atoms with Crippen LogP contribution in [0.4, 0.5) is 0 Å². The van der Waals surface area contributed by atoms with E-state index in [1.165, 1.54) is 14.2 Å². The summed E-state index contributed by atoms with van der Waals surface area (Å²) in [5.74, 6) is -1.47. The molecule has 5 heterocycles. The molecule has 10 heteroatoms. The van der Waals surface area contributed by atoms with E-state index in [2.05, 4.69) is 13.5 Å². The third-order valence-electron chi connectivity index (χ3n) is 9.65. The summed E-state index contributed by atoms with van der Waals surface area (Å²) in [4.78, 5) is 52.9. The molecule has 0 aromatic carbocycles. The van der Waals surface area contributed by atoms with Crippen LogP contribution in [-0.2, 0) is 31.9 Å². The topological polar surface area (TPSA) is 126 Å². The number of methoxy groups -OCH3 is 2. The second-order valence-electron chi connectivity index (χ2n) is 11.9. The number of aromatic nitrogens is 3. The fraction of sp³-hybridized carbons (Fsp3) is 0.361. The maximum absolute atomic E-state index is 13.3. The van der Waals surface area contributed by atoms with Gasteiger partial charge in [0.2, 0.25) is 0 Å². The quantitative estimate of drug-likeness (QED) is 0.221. The minimum absolute atomic E-state index is 0. The van der Waals surface area contributed by atoms with Gasteiger partial charge >= 0.3 is 35.0 Å². The second kappa shape index (κ2) is 13.0. The summed E-state index contributed by atoms with van der Waals surface area (Å²) in [7, 11) is 2.78. The van der Waals surface area contributed by atoms with Gasteiger partial charge in [-0.3, -0.25) is 14.4 Å². The van der Waals surface area contributed by atoms with Crippen LogP contribution in [0.2, 0.25) is 0 Å². The third kappa shape index (κ3) is 5.31. The van der Waals surface area contributed by atoms with Crippen molar-refractivity contribution >= 4 is 71.2 Å². The number of nitrogens with zero attached hydrogens (tertiary/aromatic N) is 4. The van der Waals surface area contributed by atoms with E-state index in [0.29, 0.717) is 41.2 Å². The Morgan fingerprint density at radius 1 is 0.978 bits per heavy atom. The maximum atomic E-state index is 13.3. The average molecular weight is 629 g/mol. The van der Waals surface area contributed by atoms with Crippen molar-refractivity contribution in [1.82, 2.24) is 15.0 Å². The minimum Gasteiger partial charge on any atom is -0.664 e. The first-order chi connectivity index (χ1) is 21.6. The Balaban J connectivity index is 0.00000417. The molecule has 3 aromatic rings. The number of allylic oxidation sites excluding steroid dienone is 2. The molecule has 46 heavy (non-hydrogen) atoms. The van der Waals surface area contributed by atoms with Crippen molar-refractivity contribution in [1.29, 1.82) is 0 Å². The Kier molecular flexibility index (Phi) is 9.42. The summed E-state index contributed by atoms with van der Waals surface area (Å²) in [6, 6.07) is 0. The number of carbonyl (C=O) groups is 3. The molecule has 0 unspecified atom stereocenters. The van der Waals surface area contributed by atoms with Crippen LogP contribution >= 0.6 is 0 Å². The van der Waals surface area contributed by atoms with Crippen molar-refractivity contribution in [2.75, 3.05) is 14.2 Å². The first-order valence-corrected chi connectivity index (χ1v) is 15.3. The Bertz CT molecular complexity index is 1950. The van der Waals surface area contributed by atoms with Gasteiger partial charge in [-0.25, -0.2) is 0 Å². The van der Waals surface area contributed by atoms with E-state index in [4.69, 9.17) is 29.7 Å². The second-order valence-corrected chi connectivity index (χ2v) is 11.9. The number of esters is 2. The summed E-state index contributed by atoms with van der Waals surface area (Å²) in [6.07, 6.45) is 10.1. The number of rotatable bonds is 7. The van der Waals surface area contributed by atoms with E-state index in [-0.39, 0.29) is 53.2 Å². The standard InChI is InChI=1S/C36H37N4O5.Mg/c1-8-20-17(3)26-13-27-18(4)22(10-11-32(42)44-6)34(39-27)33-24(36(43)45-7)12-23-19(5)28(40-35(23)33)14-30-21(9-2)25(16-41)31(38-30)15-29(20)37-26;/h8,13-16,18,22,24H,1,9-12H2,2-7H3,(H-,39,40,41);/q-3;+2/p-1/b27-13-,31-15-;/t18-,22-,24-;/m0./s1. The molecule has 8 bridgehead atoms. The van der Waals surface area contributed by atoms with E-state index in [1.54, 1.807) is 6.08 Å². The molecule has 1 aliphatic carbocycles. The SMILES string of the molecule is C=Cc1c2[n-]c(c1C)/C=C1\[N-]/C(=C3\c4[n-]c(c(C)c4C[C@@H]3C(=O)OC)/C=c3\[n-]/c(c(C=O)c3CC)=C\2)[C@@H](CCC(=O)OC)[C@@H]1C.[Mg+2]. The van der Waals surface area contributed by atoms with Gasteiger partial charge in [0.05, 0.1) is 20.1 Å². The Labute approximate surface area is 284 Å². The van der Waals surface area contributed by atoms with Gasteiger partial charge in [-0.05, 0) is 50.5 Å². The van der Waals surface area contributed by atoms with Crippen LogP contribution in [0.1, 0.15) is 87.6 Å². The smallest absolute Gasteiger partial charge is 0.664 e. The Morgan fingerprint density at radius 2 is 1.70 bits per heavy atom. The maximum Gasteiger partial charge on any atom is 2.00 e. The monoisotopic (exact) mass is 628 g/mol. The van der Waals surface area contributed by atoms with E-state index < -0.39 is 5.92 Å². The van der Waals surface area contributed by atoms with Crippen molar-refractivity contribution < 1.29 is 23.9 Å². The van der Waals surface area contributed by atoms with E-state index in [0.717, 1.165) is 68.2 Å². The number of fused-ring (bicyclic) bond motifs is 7. The zero-order valence-corrected chi connectivity index (χ0v) is 28.6. The summed E-state index contributed by atoms with van der Waals surface area (Å²) in [6.45, 7) is 12.1. The molecule has 0 radical (unpaired) electrons. The van der Waals surface area contributed by atoms with Crippen LogP contribution < -0.4 is 25.7 Å². The molecule has 2 aliphatic heterocycles. The fourth-order valence-electron chi connectivity index (χ4n) is 7.08. The van der Waals surface area contributed by atoms with Gasteiger partial charge in [-0.2, -0.15) is 11.4 Å². The summed E-state index contributed by atoms with van der Waals surface area (Å²) in [5, 5.41) is 6.42. The van der Waals surface area contributed by atoms with Gasteiger partial charge in [0.15, 0.2) is 0 Å². The molecule has 3 aromatic heterocycles. The van der Waals surface area contributed by atoms with E-state index in [1.807, 2.05) is 39.0 Å². The van der Waals surface area contributed by atoms with Gasteiger partial charge < -0.3 is 29.7 Å². The van der Waals surface area contributed by atoms with Crippen molar-refractivity contribution in [3.05, 3.63) is 90.1 Å². The molecule has 234 valence electrons. The summed E-state index contributed by atoms with van der Waals surface area (Å²) in [5.41, 5.74) is 10.2. The number of aldehydes is 1. The first kappa shape index (κ1) is 33.3. The predicted octanol–water partition coefficient (Wildman–Crippen LogP) is 3.47.